The summed E-state index contributed by atoms with van der Waals surface area (Å²) in [6.45, 7) is 10.5. The van der Waals surface area contributed by atoms with Crippen LogP contribution in [0.4, 0.5) is 0 Å². The molecule has 0 radical (unpaired) electrons. The molecule has 90 valence electrons. The van der Waals surface area contributed by atoms with Gasteiger partial charge in [0.2, 0.25) is 0 Å². The van der Waals surface area contributed by atoms with Crippen molar-refractivity contribution in [3.8, 4) is 5.75 Å². The Morgan fingerprint density at radius 1 is 1.25 bits per heavy atom. The van der Waals surface area contributed by atoms with Crippen molar-refractivity contribution < 1.29 is 4.74 Å². The van der Waals surface area contributed by atoms with Gasteiger partial charge in [0.15, 0.2) is 0 Å². The van der Waals surface area contributed by atoms with Crippen LogP contribution in [0.25, 0.3) is 0 Å². The molecule has 0 amide bonds. The van der Waals surface area contributed by atoms with Crippen LogP contribution < -0.4 is 4.74 Å². The smallest absolute Gasteiger partial charge is 0.139 e. The standard InChI is InChI=1S/C13H18BrClO/c1-8(2)16-11-7-9(13(3,4)5)6-10(14)12(11)15/h6-8H,1-5H3. The Morgan fingerprint density at radius 2 is 1.81 bits per heavy atom. The number of hydrogen-bond acceptors (Lipinski definition) is 1. The highest BCUT2D eigenvalue weighted by atomic mass is 79.9. The fraction of sp³-hybridized carbons (Fsp3) is 0.538. The fourth-order valence-corrected chi connectivity index (χ4v) is 1.93. The van der Waals surface area contributed by atoms with Gasteiger partial charge in [-0.3, -0.25) is 0 Å². The maximum absolute atomic E-state index is 6.19. The summed E-state index contributed by atoms with van der Waals surface area (Å²) >= 11 is 9.65. The molecule has 16 heavy (non-hydrogen) atoms. The first-order valence-electron chi connectivity index (χ1n) is 5.38. The zero-order chi connectivity index (χ0) is 12.5. The van der Waals surface area contributed by atoms with E-state index in [0.717, 1.165) is 10.2 Å². The van der Waals surface area contributed by atoms with E-state index in [1.54, 1.807) is 0 Å². The van der Waals surface area contributed by atoms with Crippen molar-refractivity contribution in [2.45, 2.75) is 46.1 Å². The van der Waals surface area contributed by atoms with Gasteiger partial charge in [-0.2, -0.15) is 0 Å². The lowest BCUT2D eigenvalue weighted by atomic mass is 9.87. The summed E-state index contributed by atoms with van der Waals surface area (Å²) < 4.78 is 6.59. The fourth-order valence-electron chi connectivity index (χ4n) is 1.34. The van der Waals surface area contributed by atoms with Gasteiger partial charge in [-0.15, -0.1) is 0 Å². The zero-order valence-electron chi connectivity index (χ0n) is 10.4. The van der Waals surface area contributed by atoms with Crippen LogP contribution in [-0.4, -0.2) is 6.10 Å². The molecule has 0 heterocycles. The molecule has 0 atom stereocenters. The molecular weight excluding hydrogens is 287 g/mol. The van der Waals surface area contributed by atoms with Crippen LogP contribution in [0, 0.1) is 0 Å². The molecule has 0 unspecified atom stereocenters. The molecular formula is C13H18BrClO. The molecule has 3 heteroatoms. The third-order valence-electron chi connectivity index (χ3n) is 2.22. The molecule has 0 saturated heterocycles. The summed E-state index contributed by atoms with van der Waals surface area (Å²) in [7, 11) is 0. The lowest BCUT2D eigenvalue weighted by molar-refractivity contribution is 0.242. The first-order valence-corrected chi connectivity index (χ1v) is 6.55. The second-order valence-corrected chi connectivity index (χ2v) is 6.42. The van der Waals surface area contributed by atoms with Gasteiger partial charge in [-0.25, -0.2) is 0 Å². The van der Waals surface area contributed by atoms with E-state index in [2.05, 4.69) is 42.8 Å². The molecule has 0 bridgehead atoms. The van der Waals surface area contributed by atoms with Gasteiger partial charge in [-0.05, 0) is 52.9 Å². The highest BCUT2D eigenvalue weighted by Crippen LogP contribution is 2.37. The van der Waals surface area contributed by atoms with Crippen molar-refractivity contribution in [1.29, 1.82) is 0 Å². The second-order valence-electron chi connectivity index (χ2n) is 5.19. The van der Waals surface area contributed by atoms with Crippen molar-refractivity contribution in [3.05, 3.63) is 27.2 Å². The molecule has 1 nitrogen and oxygen atoms in total. The number of rotatable bonds is 2. The van der Waals surface area contributed by atoms with Crippen molar-refractivity contribution in [3.63, 3.8) is 0 Å². The Balaban J connectivity index is 3.22. The average molecular weight is 306 g/mol. The van der Waals surface area contributed by atoms with Crippen molar-refractivity contribution in [1.82, 2.24) is 0 Å². The lowest BCUT2D eigenvalue weighted by Crippen LogP contribution is -2.13. The number of ether oxygens (including phenoxy) is 1. The first-order chi connectivity index (χ1) is 7.21. The van der Waals surface area contributed by atoms with Crippen LogP contribution >= 0.6 is 27.5 Å². The van der Waals surface area contributed by atoms with Gasteiger partial charge >= 0.3 is 0 Å². The largest absolute Gasteiger partial charge is 0.489 e. The zero-order valence-corrected chi connectivity index (χ0v) is 12.7. The second kappa shape index (κ2) is 4.97. The van der Waals surface area contributed by atoms with Gasteiger partial charge in [0.05, 0.1) is 11.1 Å². The van der Waals surface area contributed by atoms with E-state index >= 15 is 0 Å². The van der Waals surface area contributed by atoms with Crippen LogP contribution in [-0.2, 0) is 5.41 Å². The summed E-state index contributed by atoms with van der Waals surface area (Å²) in [5, 5.41) is 0.640. The number of halogens is 2. The van der Waals surface area contributed by atoms with E-state index in [1.165, 1.54) is 5.56 Å². The van der Waals surface area contributed by atoms with Gasteiger partial charge in [0.1, 0.15) is 5.75 Å². The number of hydrogen-bond donors (Lipinski definition) is 0. The predicted octanol–water partition coefficient (Wildman–Crippen LogP) is 5.19. The lowest BCUT2D eigenvalue weighted by Gasteiger charge is -2.22. The Morgan fingerprint density at radius 3 is 2.25 bits per heavy atom. The average Bonchev–Trinajstić information content (AvgIpc) is 2.10. The monoisotopic (exact) mass is 304 g/mol. The van der Waals surface area contributed by atoms with Gasteiger partial charge in [0.25, 0.3) is 0 Å². The van der Waals surface area contributed by atoms with Crippen molar-refractivity contribution in [2.75, 3.05) is 0 Å². The molecule has 0 fully saturated rings. The molecule has 0 aliphatic rings. The van der Waals surface area contributed by atoms with E-state index in [1.807, 2.05) is 19.9 Å². The normalized spacial score (nSPS) is 12.0. The minimum Gasteiger partial charge on any atom is -0.489 e. The van der Waals surface area contributed by atoms with Gasteiger partial charge < -0.3 is 4.74 Å². The molecule has 0 aliphatic heterocycles. The Kier molecular flexibility index (Phi) is 4.30. The quantitative estimate of drug-likeness (QED) is 0.731. The minimum absolute atomic E-state index is 0.0855. The molecule has 1 aromatic carbocycles. The van der Waals surface area contributed by atoms with Crippen molar-refractivity contribution >= 4 is 27.5 Å². The predicted molar refractivity (Wildman–Crippen MR) is 73.6 cm³/mol. The highest BCUT2D eigenvalue weighted by Gasteiger charge is 2.18. The third kappa shape index (κ3) is 3.39. The topological polar surface area (TPSA) is 9.23 Å². The molecule has 0 spiro atoms. The van der Waals surface area contributed by atoms with Gasteiger partial charge in [-0.1, -0.05) is 32.4 Å². The molecule has 0 aliphatic carbocycles. The highest BCUT2D eigenvalue weighted by molar-refractivity contribution is 9.10. The van der Waals surface area contributed by atoms with Crippen LogP contribution in [0.15, 0.2) is 16.6 Å². The minimum atomic E-state index is 0.0855. The SMILES string of the molecule is CC(C)Oc1cc(C(C)(C)C)cc(Br)c1Cl. The summed E-state index contributed by atoms with van der Waals surface area (Å²) in [5.74, 6) is 0.746. The summed E-state index contributed by atoms with van der Waals surface area (Å²) in [6.07, 6.45) is 0.125. The first kappa shape index (κ1) is 13.9. The van der Waals surface area contributed by atoms with Gasteiger partial charge in [0, 0.05) is 4.47 Å². The van der Waals surface area contributed by atoms with E-state index in [9.17, 15) is 0 Å². The van der Waals surface area contributed by atoms with Crippen LogP contribution in [0.5, 0.6) is 5.75 Å². The van der Waals surface area contributed by atoms with E-state index in [4.69, 9.17) is 16.3 Å². The summed E-state index contributed by atoms with van der Waals surface area (Å²) in [6, 6.07) is 4.07. The molecule has 1 rings (SSSR count). The summed E-state index contributed by atoms with van der Waals surface area (Å²) in [5.41, 5.74) is 1.29. The Bertz CT molecular complexity index is 380. The Labute approximate surface area is 111 Å². The van der Waals surface area contributed by atoms with Crippen molar-refractivity contribution in [2.24, 2.45) is 0 Å². The third-order valence-corrected chi connectivity index (χ3v) is 3.47. The van der Waals surface area contributed by atoms with Crippen LogP contribution in [0.2, 0.25) is 5.02 Å². The molecule has 0 saturated carbocycles. The maximum Gasteiger partial charge on any atom is 0.139 e. The Hall–Kier alpha value is -0.210. The maximum atomic E-state index is 6.19. The number of benzene rings is 1. The molecule has 1 aromatic rings. The van der Waals surface area contributed by atoms with E-state index in [0.29, 0.717) is 5.02 Å². The molecule has 0 N–H and O–H groups in total. The van der Waals surface area contributed by atoms with E-state index in [-0.39, 0.29) is 11.5 Å². The van der Waals surface area contributed by atoms with Crippen LogP contribution in [0.3, 0.4) is 0 Å². The summed E-state index contributed by atoms with van der Waals surface area (Å²) in [4.78, 5) is 0. The molecule has 0 aromatic heterocycles. The van der Waals surface area contributed by atoms with Crippen LogP contribution in [0.1, 0.15) is 40.2 Å². The van der Waals surface area contributed by atoms with E-state index < -0.39 is 0 Å².